The maximum atomic E-state index is 13.6. The lowest BCUT2D eigenvalue weighted by molar-refractivity contribution is 0.0563. The number of pyridine rings is 1. The third-order valence-electron chi connectivity index (χ3n) is 6.14. The molecule has 1 N–H and O–H groups in total. The summed E-state index contributed by atoms with van der Waals surface area (Å²) in [4.78, 5) is 18.5. The van der Waals surface area contributed by atoms with Crippen molar-refractivity contribution in [3.8, 4) is 17.6 Å². The first-order valence-electron chi connectivity index (χ1n) is 12.1. The summed E-state index contributed by atoms with van der Waals surface area (Å²) in [7, 11) is -2.24. The summed E-state index contributed by atoms with van der Waals surface area (Å²) in [5.41, 5.74) is 1.16. The maximum Gasteiger partial charge on any atom is 0.253 e. The van der Waals surface area contributed by atoms with Crippen LogP contribution in [0.15, 0.2) is 47.6 Å². The van der Waals surface area contributed by atoms with Crippen LogP contribution in [0.5, 0.6) is 5.75 Å². The van der Waals surface area contributed by atoms with E-state index in [2.05, 4.69) is 30.7 Å². The number of fused-ring (bicyclic) bond motifs is 1. The Labute approximate surface area is 214 Å². The zero-order chi connectivity index (χ0) is 26.5. The van der Waals surface area contributed by atoms with Crippen molar-refractivity contribution in [1.82, 2.24) is 14.2 Å². The minimum absolute atomic E-state index is 0.0252. The second kappa shape index (κ2) is 11.9. The van der Waals surface area contributed by atoms with Crippen molar-refractivity contribution in [2.75, 3.05) is 26.7 Å². The van der Waals surface area contributed by atoms with Gasteiger partial charge in [-0.05, 0) is 43.2 Å². The van der Waals surface area contributed by atoms with Crippen LogP contribution in [0.2, 0.25) is 0 Å². The number of nitrogens with zero attached hydrogens (tertiary/aromatic N) is 3. The van der Waals surface area contributed by atoms with Crippen LogP contribution in [0.25, 0.3) is 0 Å². The molecule has 1 aliphatic rings. The van der Waals surface area contributed by atoms with Crippen molar-refractivity contribution in [3.63, 3.8) is 0 Å². The van der Waals surface area contributed by atoms with E-state index in [0.717, 1.165) is 6.42 Å². The molecule has 36 heavy (non-hydrogen) atoms. The molecule has 0 spiro atoms. The summed E-state index contributed by atoms with van der Waals surface area (Å²) in [5.74, 6) is 6.38. The number of amides is 1. The first kappa shape index (κ1) is 27.7. The van der Waals surface area contributed by atoms with Gasteiger partial charge in [0, 0.05) is 55.5 Å². The number of aromatic nitrogens is 1. The summed E-state index contributed by atoms with van der Waals surface area (Å²) in [6, 6.07) is 7.52. The third kappa shape index (κ3) is 6.44. The second-order valence-corrected chi connectivity index (χ2v) is 11.6. The van der Waals surface area contributed by atoms with Crippen molar-refractivity contribution in [1.29, 1.82) is 0 Å². The first-order chi connectivity index (χ1) is 17.0. The number of aliphatic hydroxyl groups is 1. The minimum Gasteiger partial charge on any atom is -0.487 e. The van der Waals surface area contributed by atoms with Crippen molar-refractivity contribution in [3.05, 3.63) is 53.9 Å². The fourth-order valence-corrected chi connectivity index (χ4v) is 5.77. The topological polar surface area (TPSA) is 100 Å². The van der Waals surface area contributed by atoms with Crippen LogP contribution < -0.4 is 4.74 Å². The van der Waals surface area contributed by atoms with Crippen LogP contribution >= 0.6 is 0 Å². The standard InChI is InChI=1S/C27H35N3O5S/c1-19(2)7-6-8-22-9-10-26-24(15-22)35-25(17-29(5)27(32)23-11-13-28-14-12-23)20(3)16-30(21(4)18-31)36(26,33)34/h9-15,19-21,25,31H,7,16-18H2,1-5H3/t20-,21-,25+/m1/s1. The molecule has 0 saturated heterocycles. The Morgan fingerprint density at radius 2 is 1.94 bits per heavy atom. The molecule has 3 rings (SSSR count). The van der Waals surface area contributed by atoms with Gasteiger partial charge in [0.15, 0.2) is 0 Å². The largest absolute Gasteiger partial charge is 0.487 e. The monoisotopic (exact) mass is 513 g/mol. The number of carbonyl (C=O) groups is 1. The molecule has 0 radical (unpaired) electrons. The third-order valence-corrected chi connectivity index (χ3v) is 8.16. The Balaban J connectivity index is 2.00. The number of ether oxygens (including phenoxy) is 1. The highest BCUT2D eigenvalue weighted by Crippen LogP contribution is 2.34. The van der Waals surface area contributed by atoms with Crippen molar-refractivity contribution < 1.29 is 23.1 Å². The van der Waals surface area contributed by atoms with Crippen LogP contribution in [0, 0.1) is 23.7 Å². The van der Waals surface area contributed by atoms with E-state index in [0.29, 0.717) is 17.0 Å². The van der Waals surface area contributed by atoms with E-state index in [1.807, 2.05) is 6.92 Å². The molecule has 9 heteroatoms. The van der Waals surface area contributed by atoms with Gasteiger partial charge in [-0.25, -0.2) is 8.42 Å². The number of sulfonamides is 1. The van der Waals surface area contributed by atoms with Gasteiger partial charge in [0.1, 0.15) is 16.7 Å². The predicted octanol–water partition coefficient (Wildman–Crippen LogP) is 3.02. The number of hydrogen-bond donors (Lipinski definition) is 1. The summed E-state index contributed by atoms with van der Waals surface area (Å²) in [5, 5.41) is 9.80. The van der Waals surface area contributed by atoms with E-state index in [1.165, 1.54) is 10.4 Å². The number of aliphatic hydroxyl groups excluding tert-OH is 1. The first-order valence-corrected chi connectivity index (χ1v) is 13.6. The SMILES string of the molecule is CC(C)CC#Cc1ccc2c(c1)O[C@@H](CN(C)C(=O)c1ccncc1)[C@H](C)CN([C@H](C)CO)S2(=O)=O. The summed E-state index contributed by atoms with van der Waals surface area (Å²) in [6.45, 7) is 7.79. The Kier molecular flexibility index (Phi) is 9.12. The number of carbonyl (C=O) groups excluding carboxylic acids is 1. The van der Waals surface area contributed by atoms with Gasteiger partial charge in [-0.3, -0.25) is 9.78 Å². The highest BCUT2D eigenvalue weighted by molar-refractivity contribution is 7.89. The minimum atomic E-state index is -3.94. The van der Waals surface area contributed by atoms with Gasteiger partial charge >= 0.3 is 0 Å². The fraction of sp³-hybridized carbons (Fsp3) is 0.481. The molecule has 0 bridgehead atoms. The average Bonchev–Trinajstić information content (AvgIpc) is 2.85. The summed E-state index contributed by atoms with van der Waals surface area (Å²) < 4.78 is 34.8. The zero-order valence-corrected chi connectivity index (χ0v) is 22.3. The van der Waals surface area contributed by atoms with E-state index < -0.39 is 22.2 Å². The van der Waals surface area contributed by atoms with Gasteiger partial charge in [-0.1, -0.05) is 32.6 Å². The zero-order valence-electron chi connectivity index (χ0n) is 21.5. The van der Waals surface area contributed by atoms with E-state index >= 15 is 0 Å². The van der Waals surface area contributed by atoms with Crippen LogP contribution in [-0.4, -0.2) is 72.5 Å². The Morgan fingerprint density at radius 3 is 2.58 bits per heavy atom. The van der Waals surface area contributed by atoms with E-state index in [1.54, 1.807) is 55.5 Å². The van der Waals surface area contributed by atoms with E-state index in [9.17, 15) is 18.3 Å². The van der Waals surface area contributed by atoms with Gasteiger partial charge in [-0.2, -0.15) is 4.31 Å². The van der Waals surface area contributed by atoms with Gasteiger partial charge in [0.2, 0.25) is 10.0 Å². The fourth-order valence-electron chi connectivity index (χ4n) is 3.95. The highest BCUT2D eigenvalue weighted by Gasteiger charge is 2.38. The quantitative estimate of drug-likeness (QED) is 0.596. The molecular formula is C27H35N3O5S. The summed E-state index contributed by atoms with van der Waals surface area (Å²) >= 11 is 0. The van der Waals surface area contributed by atoms with Crippen LogP contribution in [0.1, 0.15) is 50.0 Å². The molecule has 1 aromatic heterocycles. The molecule has 2 heterocycles. The van der Waals surface area contributed by atoms with Crippen molar-refractivity contribution in [2.24, 2.45) is 11.8 Å². The lowest BCUT2D eigenvalue weighted by Gasteiger charge is -2.37. The highest BCUT2D eigenvalue weighted by atomic mass is 32.2. The molecule has 0 fully saturated rings. The Bertz CT molecular complexity index is 1220. The summed E-state index contributed by atoms with van der Waals surface area (Å²) in [6.07, 6.45) is 3.35. The van der Waals surface area contributed by atoms with Gasteiger partial charge in [-0.15, -0.1) is 0 Å². The number of likely N-dealkylation sites (N-methyl/N-ethyl adjacent to an activating group) is 1. The predicted molar refractivity (Wildman–Crippen MR) is 138 cm³/mol. The molecule has 8 nitrogen and oxygen atoms in total. The van der Waals surface area contributed by atoms with Crippen molar-refractivity contribution >= 4 is 15.9 Å². The Hall–Kier alpha value is -2.93. The van der Waals surface area contributed by atoms with Crippen LogP contribution in [0.4, 0.5) is 0 Å². The normalized spacial score (nSPS) is 20.2. The second-order valence-electron chi connectivity index (χ2n) is 9.72. The maximum absolute atomic E-state index is 13.6. The molecule has 194 valence electrons. The van der Waals surface area contributed by atoms with Gasteiger partial charge in [0.25, 0.3) is 5.91 Å². The molecule has 3 atom stereocenters. The Morgan fingerprint density at radius 1 is 1.25 bits per heavy atom. The van der Waals surface area contributed by atoms with Crippen molar-refractivity contribution in [2.45, 2.75) is 51.2 Å². The molecular weight excluding hydrogens is 478 g/mol. The van der Waals surface area contributed by atoms with Gasteiger partial charge < -0.3 is 14.7 Å². The van der Waals surface area contributed by atoms with Gasteiger partial charge in [0.05, 0.1) is 13.2 Å². The number of benzene rings is 1. The molecule has 1 aromatic carbocycles. The number of rotatable bonds is 6. The molecule has 1 aliphatic heterocycles. The molecule has 0 saturated carbocycles. The molecule has 1 amide bonds. The van der Waals surface area contributed by atoms with E-state index in [4.69, 9.17) is 4.74 Å². The van der Waals surface area contributed by atoms with Crippen LogP contribution in [0.3, 0.4) is 0 Å². The lowest BCUT2D eigenvalue weighted by atomic mass is 10.0. The van der Waals surface area contributed by atoms with Crippen LogP contribution in [-0.2, 0) is 10.0 Å². The van der Waals surface area contributed by atoms with E-state index in [-0.39, 0.29) is 42.2 Å². The number of hydrogen-bond acceptors (Lipinski definition) is 6. The smallest absolute Gasteiger partial charge is 0.253 e. The average molecular weight is 514 g/mol. The molecule has 0 aliphatic carbocycles. The molecule has 2 aromatic rings. The molecule has 0 unspecified atom stereocenters. The lowest BCUT2D eigenvalue weighted by Crippen LogP contribution is -2.50.